The van der Waals surface area contributed by atoms with Gasteiger partial charge in [-0.15, -0.1) is 0 Å². The summed E-state index contributed by atoms with van der Waals surface area (Å²) in [6, 6.07) is 0. The summed E-state index contributed by atoms with van der Waals surface area (Å²) < 4.78 is 50.5. The Bertz CT molecular complexity index is 384. The summed E-state index contributed by atoms with van der Waals surface area (Å²) in [6.07, 6.45) is 0. The fourth-order valence-electron chi connectivity index (χ4n) is 0.806. The van der Waals surface area contributed by atoms with Gasteiger partial charge in [-0.1, -0.05) is 0 Å². The van der Waals surface area contributed by atoms with Crippen LogP contribution < -0.4 is 5.32 Å². The first-order chi connectivity index (χ1) is 6.93. The topological polar surface area (TPSA) is 62.2 Å². The first kappa shape index (κ1) is 11.2. The van der Waals surface area contributed by atoms with E-state index in [1.54, 1.807) is 5.32 Å². The molecule has 8 heteroatoms. The normalized spacial score (nSPS) is 10.1. The van der Waals surface area contributed by atoms with Crippen molar-refractivity contribution >= 4 is 11.7 Å². The zero-order valence-corrected chi connectivity index (χ0v) is 7.02. The number of pyridine rings is 1. The van der Waals surface area contributed by atoms with Gasteiger partial charge in [-0.25, -0.2) is 0 Å². The van der Waals surface area contributed by atoms with Crippen LogP contribution in [0.25, 0.3) is 0 Å². The number of halogens is 4. The van der Waals surface area contributed by atoms with Crippen LogP contribution in [-0.2, 0) is 4.79 Å². The highest BCUT2D eigenvalue weighted by Gasteiger charge is 2.20. The van der Waals surface area contributed by atoms with E-state index in [1.165, 1.54) is 0 Å². The van der Waals surface area contributed by atoms with Gasteiger partial charge >= 0.3 is 5.97 Å². The maximum Gasteiger partial charge on any atom is 0.322 e. The van der Waals surface area contributed by atoms with Crippen LogP contribution in [0.15, 0.2) is 0 Å². The Morgan fingerprint density at radius 3 is 2.07 bits per heavy atom. The number of rotatable bonds is 3. The number of aromatic nitrogens is 1. The van der Waals surface area contributed by atoms with Crippen molar-refractivity contribution in [1.82, 2.24) is 4.98 Å². The summed E-state index contributed by atoms with van der Waals surface area (Å²) in [6.45, 7) is -0.878. The number of nitrogens with one attached hydrogen (secondary N) is 1. The number of hydrogen-bond donors (Lipinski definition) is 2. The maximum atomic E-state index is 12.8. The smallest absolute Gasteiger partial charge is 0.322 e. The molecule has 0 aliphatic heterocycles. The van der Waals surface area contributed by atoms with Gasteiger partial charge in [0.1, 0.15) is 12.2 Å². The minimum absolute atomic E-state index is 0.878. The van der Waals surface area contributed by atoms with Crippen LogP contribution in [0.3, 0.4) is 0 Å². The van der Waals surface area contributed by atoms with Gasteiger partial charge in [-0.2, -0.15) is 22.5 Å². The van der Waals surface area contributed by atoms with Gasteiger partial charge < -0.3 is 10.4 Å². The van der Waals surface area contributed by atoms with Crippen LogP contribution in [0.4, 0.5) is 23.2 Å². The van der Waals surface area contributed by atoms with E-state index in [9.17, 15) is 22.4 Å². The molecule has 1 rings (SSSR count). The fraction of sp³-hybridized carbons (Fsp3) is 0.143. The highest BCUT2D eigenvalue weighted by atomic mass is 19.2. The Kier molecular flexibility index (Phi) is 3.08. The third-order valence-electron chi connectivity index (χ3n) is 1.41. The average molecular weight is 224 g/mol. The number of carboxylic acid groups (broad SMARTS) is 1. The zero-order chi connectivity index (χ0) is 11.6. The summed E-state index contributed by atoms with van der Waals surface area (Å²) in [5.74, 6) is -8.67. The summed E-state index contributed by atoms with van der Waals surface area (Å²) in [7, 11) is 0. The van der Waals surface area contributed by atoms with Crippen molar-refractivity contribution in [3.8, 4) is 0 Å². The Morgan fingerprint density at radius 1 is 1.20 bits per heavy atom. The summed E-state index contributed by atoms with van der Waals surface area (Å²) in [5, 5.41) is 9.88. The first-order valence-electron chi connectivity index (χ1n) is 3.59. The first-order valence-corrected chi connectivity index (χ1v) is 3.59. The lowest BCUT2D eigenvalue weighted by atomic mass is 10.3. The van der Waals surface area contributed by atoms with E-state index < -0.39 is 41.7 Å². The van der Waals surface area contributed by atoms with Gasteiger partial charge in [-0.3, -0.25) is 4.79 Å². The van der Waals surface area contributed by atoms with Gasteiger partial charge in [0.25, 0.3) is 11.9 Å². The Morgan fingerprint density at radius 2 is 1.67 bits per heavy atom. The largest absolute Gasteiger partial charge is 0.480 e. The van der Waals surface area contributed by atoms with Gasteiger partial charge in [0, 0.05) is 0 Å². The van der Waals surface area contributed by atoms with Crippen molar-refractivity contribution in [2.24, 2.45) is 0 Å². The molecule has 0 saturated heterocycles. The Hall–Kier alpha value is -1.86. The molecule has 0 aliphatic carbocycles. The molecule has 15 heavy (non-hydrogen) atoms. The van der Waals surface area contributed by atoms with Crippen molar-refractivity contribution in [3.05, 3.63) is 23.5 Å². The molecule has 0 aliphatic rings. The molecule has 0 spiro atoms. The highest BCUT2D eigenvalue weighted by Crippen LogP contribution is 2.21. The van der Waals surface area contributed by atoms with Gasteiger partial charge in [0.2, 0.25) is 11.6 Å². The van der Waals surface area contributed by atoms with Crippen LogP contribution in [-0.4, -0.2) is 22.6 Å². The van der Waals surface area contributed by atoms with Gasteiger partial charge in [0.15, 0.2) is 0 Å². The molecule has 0 amide bonds. The molecule has 0 fully saturated rings. The molecule has 1 heterocycles. The molecule has 1 aromatic heterocycles. The summed E-state index contributed by atoms with van der Waals surface area (Å²) in [5.41, 5.74) is -1.19. The van der Waals surface area contributed by atoms with E-state index >= 15 is 0 Å². The fourth-order valence-corrected chi connectivity index (χ4v) is 0.806. The molecule has 0 radical (unpaired) electrons. The summed E-state index contributed by atoms with van der Waals surface area (Å²) in [4.78, 5) is 12.3. The van der Waals surface area contributed by atoms with Crippen molar-refractivity contribution in [1.29, 1.82) is 0 Å². The van der Waals surface area contributed by atoms with Crippen molar-refractivity contribution in [2.45, 2.75) is 0 Å². The number of carboxylic acids is 1. The second-order valence-electron chi connectivity index (χ2n) is 2.44. The van der Waals surface area contributed by atoms with E-state index in [0.717, 1.165) is 0 Å². The average Bonchev–Trinajstić information content (AvgIpc) is 2.14. The molecular weight excluding hydrogens is 220 g/mol. The number of anilines is 1. The lowest BCUT2D eigenvalue weighted by molar-refractivity contribution is -0.134. The third-order valence-corrected chi connectivity index (χ3v) is 1.41. The lowest BCUT2D eigenvalue weighted by Gasteiger charge is -2.06. The van der Waals surface area contributed by atoms with E-state index in [1.807, 2.05) is 0 Å². The van der Waals surface area contributed by atoms with E-state index in [-0.39, 0.29) is 0 Å². The van der Waals surface area contributed by atoms with E-state index in [0.29, 0.717) is 0 Å². The van der Waals surface area contributed by atoms with E-state index in [2.05, 4.69) is 4.98 Å². The number of hydrogen-bond acceptors (Lipinski definition) is 3. The molecule has 0 bridgehead atoms. The third kappa shape index (κ3) is 2.33. The number of carbonyl (C=O) groups is 1. The van der Waals surface area contributed by atoms with E-state index in [4.69, 9.17) is 5.11 Å². The monoisotopic (exact) mass is 224 g/mol. The van der Waals surface area contributed by atoms with Crippen molar-refractivity contribution < 1.29 is 27.5 Å². The Balaban J connectivity index is 3.09. The molecule has 0 aromatic carbocycles. The molecule has 1 aromatic rings. The number of nitrogens with zero attached hydrogens (tertiary/aromatic N) is 1. The van der Waals surface area contributed by atoms with Crippen LogP contribution in [0.2, 0.25) is 0 Å². The molecule has 2 N–H and O–H groups in total. The molecule has 0 saturated carbocycles. The minimum atomic E-state index is -1.85. The standard InChI is InChI=1S/C7H4F4N2O2/c8-3-5(12-1-2(14)15)4(9)7(11)13-6(3)10/h1H2,(H,12,13)(H,14,15). The number of aliphatic carboxylic acids is 1. The Labute approximate surface area is 80.5 Å². The second kappa shape index (κ2) is 4.11. The molecule has 4 nitrogen and oxygen atoms in total. The van der Waals surface area contributed by atoms with Crippen molar-refractivity contribution in [2.75, 3.05) is 11.9 Å². The minimum Gasteiger partial charge on any atom is -0.480 e. The molecule has 0 unspecified atom stereocenters. The van der Waals surface area contributed by atoms with Crippen molar-refractivity contribution in [3.63, 3.8) is 0 Å². The van der Waals surface area contributed by atoms with Crippen LogP contribution in [0.5, 0.6) is 0 Å². The van der Waals surface area contributed by atoms with Crippen LogP contribution in [0.1, 0.15) is 0 Å². The predicted molar refractivity (Wildman–Crippen MR) is 40.2 cm³/mol. The molecule has 82 valence electrons. The van der Waals surface area contributed by atoms with Crippen LogP contribution >= 0.6 is 0 Å². The van der Waals surface area contributed by atoms with Crippen LogP contribution in [0, 0.1) is 23.5 Å². The quantitative estimate of drug-likeness (QED) is 0.596. The lowest BCUT2D eigenvalue weighted by Crippen LogP contribution is -2.16. The second-order valence-corrected chi connectivity index (χ2v) is 2.44. The molecular formula is C7H4F4N2O2. The predicted octanol–water partition coefficient (Wildman–Crippen LogP) is 1.13. The SMILES string of the molecule is O=C(O)CNc1c(F)c(F)nc(F)c1F. The van der Waals surface area contributed by atoms with Gasteiger partial charge in [-0.05, 0) is 0 Å². The maximum absolute atomic E-state index is 12.8. The summed E-state index contributed by atoms with van der Waals surface area (Å²) >= 11 is 0. The zero-order valence-electron chi connectivity index (χ0n) is 7.02. The highest BCUT2D eigenvalue weighted by molar-refractivity contribution is 5.72. The van der Waals surface area contributed by atoms with Gasteiger partial charge in [0.05, 0.1) is 0 Å². The molecule has 0 atom stereocenters.